The van der Waals surface area contributed by atoms with E-state index in [1.54, 1.807) is 6.08 Å². The van der Waals surface area contributed by atoms with Crippen molar-refractivity contribution in [1.29, 1.82) is 0 Å². The van der Waals surface area contributed by atoms with Crippen LogP contribution in [0.5, 0.6) is 0 Å². The van der Waals surface area contributed by atoms with E-state index >= 15 is 0 Å². The van der Waals surface area contributed by atoms with E-state index in [0.29, 0.717) is 12.2 Å². The fourth-order valence-electron chi connectivity index (χ4n) is 3.46. The lowest BCUT2D eigenvalue weighted by Crippen LogP contribution is -2.33. The van der Waals surface area contributed by atoms with E-state index in [9.17, 15) is 4.79 Å². The molecule has 0 amide bonds. The quantitative estimate of drug-likeness (QED) is 0.469. The molecule has 0 aliphatic carbocycles. The Morgan fingerprint density at radius 2 is 1.19 bits per heavy atom. The van der Waals surface area contributed by atoms with Crippen molar-refractivity contribution >= 4 is 5.97 Å². The molecule has 4 rings (SSSR count). The van der Waals surface area contributed by atoms with E-state index < -0.39 is 5.60 Å². The van der Waals surface area contributed by atoms with Gasteiger partial charge in [0.2, 0.25) is 0 Å². The zero-order valence-corrected chi connectivity index (χ0v) is 14.9. The van der Waals surface area contributed by atoms with Gasteiger partial charge in [0.05, 0.1) is 6.42 Å². The van der Waals surface area contributed by atoms with Crippen LogP contribution in [0, 0.1) is 0 Å². The number of carbonyl (C=O) groups excluding carboxylic acids is 1. The van der Waals surface area contributed by atoms with Gasteiger partial charge in [-0.2, -0.15) is 0 Å². The summed E-state index contributed by atoms with van der Waals surface area (Å²) in [5.41, 5.74) is 2.26. The summed E-state index contributed by atoms with van der Waals surface area (Å²) in [6, 6.07) is 30.4. The Morgan fingerprint density at radius 3 is 1.56 bits per heavy atom. The molecule has 0 saturated heterocycles. The second-order valence-corrected chi connectivity index (χ2v) is 6.42. The molecule has 0 bridgehead atoms. The van der Waals surface area contributed by atoms with E-state index in [2.05, 4.69) is 36.4 Å². The monoisotopic (exact) mass is 356 g/mol. The molecule has 0 aromatic heterocycles. The van der Waals surface area contributed by atoms with Gasteiger partial charge in [0.15, 0.2) is 0 Å². The highest BCUT2D eigenvalue weighted by Crippen LogP contribution is 2.40. The molecule has 134 valence electrons. The molecule has 0 unspecified atom stereocenters. The topological polar surface area (TPSA) is 35.5 Å². The highest BCUT2D eigenvalue weighted by atomic mass is 16.6. The van der Waals surface area contributed by atoms with Gasteiger partial charge in [0.25, 0.3) is 0 Å². The Hall–Kier alpha value is -3.17. The molecule has 27 heavy (non-hydrogen) atoms. The lowest BCUT2D eigenvalue weighted by Gasteiger charge is -2.36. The lowest BCUT2D eigenvalue weighted by molar-refractivity contribution is -0.137. The van der Waals surface area contributed by atoms with E-state index in [1.165, 1.54) is 0 Å². The zero-order valence-electron chi connectivity index (χ0n) is 14.9. The first-order chi connectivity index (χ1) is 13.3. The Labute approximate surface area is 158 Å². The summed E-state index contributed by atoms with van der Waals surface area (Å²) in [5.74, 6) is 0.325. The van der Waals surface area contributed by atoms with Crippen LogP contribution in [0.25, 0.3) is 0 Å². The Balaban J connectivity index is 1.85. The van der Waals surface area contributed by atoms with Crippen molar-refractivity contribution < 1.29 is 14.3 Å². The molecule has 0 spiro atoms. The van der Waals surface area contributed by atoms with E-state index in [-0.39, 0.29) is 12.6 Å². The normalized spacial score (nSPS) is 13.9. The minimum atomic E-state index is -0.806. The van der Waals surface area contributed by atoms with Crippen LogP contribution >= 0.6 is 0 Å². The van der Waals surface area contributed by atoms with Gasteiger partial charge >= 0.3 is 5.97 Å². The third-order valence-corrected chi connectivity index (χ3v) is 4.71. The highest BCUT2D eigenvalue weighted by Gasteiger charge is 2.38. The number of rotatable bonds is 6. The maximum Gasteiger partial charge on any atom is 0.314 e. The predicted molar refractivity (Wildman–Crippen MR) is 104 cm³/mol. The number of cyclic esters (lactones) is 1. The molecule has 1 aliphatic heterocycles. The van der Waals surface area contributed by atoms with E-state index in [1.807, 2.05) is 54.6 Å². The van der Waals surface area contributed by atoms with Crippen LogP contribution in [0.4, 0.5) is 0 Å². The summed E-state index contributed by atoms with van der Waals surface area (Å²) in [6.07, 6.45) is 2.09. The summed E-state index contributed by atoms with van der Waals surface area (Å²) in [6.45, 7) is 0.213. The highest BCUT2D eigenvalue weighted by molar-refractivity contribution is 5.75. The van der Waals surface area contributed by atoms with Crippen LogP contribution < -0.4 is 0 Å². The third-order valence-electron chi connectivity index (χ3n) is 4.71. The van der Waals surface area contributed by atoms with Crippen LogP contribution in [-0.4, -0.2) is 12.6 Å². The third kappa shape index (κ3) is 3.42. The van der Waals surface area contributed by atoms with Crippen LogP contribution in [0.1, 0.15) is 23.1 Å². The molecule has 0 N–H and O–H groups in total. The van der Waals surface area contributed by atoms with Gasteiger partial charge in [-0.25, -0.2) is 0 Å². The van der Waals surface area contributed by atoms with Gasteiger partial charge in [0.1, 0.15) is 18.0 Å². The average molecular weight is 356 g/mol. The second-order valence-electron chi connectivity index (χ2n) is 6.42. The fourth-order valence-corrected chi connectivity index (χ4v) is 3.46. The van der Waals surface area contributed by atoms with Crippen molar-refractivity contribution in [3.8, 4) is 0 Å². The Morgan fingerprint density at radius 1 is 0.741 bits per heavy atom. The summed E-state index contributed by atoms with van der Waals surface area (Å²) >= 11 is 0. The number of esters is 1. The number of hydrogen-bond donors (Lipinski definition) is 0. The summed E-state index contributed by atoms with van der Waals surface area (Å²) in [5, 5.41) is 0. The van der Waals surface area contributed by atoms with Gasteiger partial charge in [-0.05, 0) is 22.8 Å². The standard InChI is InChI=1S/C24H20O3/c25-23-17-16-22(27-23)18-26-24(19-10-4-1-5-11-19,20-12-6-2-7-13-20)21-14-8-3-9-15-21/h1-16H,17-18H2. The van der Waals surface area contributed by atoms with Crippen molar-refractivity contribution in [1.82, 2.24) is 0 Å². The summed E-state index contributed by atoms with van der Waals surface area (Å²) in [4.78, 5) is 11.5. The summed E-state index contributed by atoms with van der Waals surface area (Å²) < 4.78 is 11.8. The minimum Gasteiger partial charge on any atom is -0.429 e. The average Bonchev–Trinajstić information content (AvgIpc) is 3.16. The molecule has 3 heteroatoms. The number of hydrogen-bond acceptors (Lipinski definition) is 3. The van der Waals surface area contributed by atoms with Crippen LogP contribution in [0.2, 0.25) is 0 Å². The van der Waals surface area contributed by atoms with Crippen molar-refractivity contribution in [2.24, 2.45) is 0 Å². The first-order valence-corrected chi connectivity index (χ1v) is 8.99. The van der Waals surface area contributed by atoms with Crippen molar-refractivity contribution in [3.05, 3.63) is 120 Å². The molecular weight excluding hydrogens is 336 g/mol. The van der Waals surface area contributed by atoms with Gasteiger partial charge in [-0.15, -0.1) is 0 Å². The minimum absolute atomic E-state index is 0.213. The summed E-state index contributed by atoms with van der Waals surface area (Å²) in [7, 11) is 0. The van der Waals surface area contributed by atoms with Crippen molar-refractivity contribution in [2.45, 2.75) is 12.0 Å². The van der Waals surface area contributed by atoms with E-state index in [0.717, 1.165) is 16.7 Å². The smallest absolute Gasteiger partial charge is 0.314 e. The van der Waals surface area contributed by atoms with Crippen LogP contribution in [0.15, 0.2) is 103 Å². The lowest BCUT2D eigenvalue weighted by atomic mass is 9.80. The molecule has 0 fully saturated rings. The number of ether oxygens (including phenoxy) is 2. The predicted octanol–water partition coefficient (Wildman–Crippen LogP) is 4.83. The molecule has 3 aromatic carbocycles. The molecule has 1 heterocycles. The van der Waals surface area contributed by atoms with Gasteiger partial charge in [0, 0.05) is 0 Å². The molecular formula is C24H20O3. The van der Waals surface area contributed by atoms with Gasteiger partial charge in [-0.3, -0.25) is 4.79 Å². The van der Waals surface area contributed by atoms with Gasteiger partial charge < -0.3 is 9.47 Å². The fraction of sp³-hybridized carbons (Fsp3) is 0.125. The molecule has 0 saturated carbocycles. The maximum absolute atomic E-state index is 11.5. The largest absolute Gasteiger partial charge is 0.429 e. The Bertz CT molecular complexity index is 834. The molecule has 0 radical (unpaired) electrons. The van der Waals surface area contributed by atoms with Crippen molar-refractivity contribution in [3.63, 3.8) is 0 Å². The Kier molecular flexibility index (Phi) is 4.86. The molecule has 3 aromatic rings. The SMILES string of the molecule is O=C1CC=C(COC(c2ccccc2)(c2ccccc2)c2ccccc2)O1. The molecule has 0 atom stereocenters. The van der Waals surface area contributed by atoms with Gasteiger partial charge in [-0.1, -0.05) is 91.0 Å². The van der Waals surface area contributed by atoms with Crippen molar-refractivity contribution in [2.75, 3.05) is 6.61 Å². The first kappa shape index (κ1) is 17.3. The first-order valence-electron chi connectivity index (χ1n) is 8.99. The van der Waals surface area contributed by atoms with Crippen LogP contribution in [-0.2, 0) is 19.9 Å². The number of carbonyl (C=O) groups is 1. The zero-order chi connectivity index (χ0) is 18.5. The molecule has 1 aliphatic rings. The van der Waals surface area contributed by atoms with E-state index in [4.69, 9.17) is 9.47 Å². The second kappa shape index (κ2) is 7.60. The number of benzene rings is 3. The maximum atomic E-state index is 11.5. The van der Waals surface area contributed by atoms with Crippen LogP contribution in [0.3, 0.4) is 0 Å². The molecule has 3 nitrogen and oxygen atoms in total.